The zero-order valence-electron chi connectivity index (χ0n) is 15.9. The molecule has 1 aliphatic heterocycles. The fourth-order valence-corrected chi connectivity index (χ4v) is 5.02. The van der Waals surface area contributed by atoms with E-state index in [2.05, 4.69) is 10.3 Å². The Kier molecular flexibility index (Phi) is 5.51. The average molecular weight is 407 g/mol. The highest BCUT2D eigenvalue weighted by molar-refractivity contribution is 7.95. The molecule has 1 fully saturated rings. The van der Waals surface area contributed by atoms with Crippen molar-refractivity contribution >= 4 is 27.8 Å². The van der Waals surface area contributed by atoms with Crippen molar-refractivity contribution in [3.8, 4) is 0 Å². The summed E-state index contributed by atoms with van der Waals surface area (Å²) in [6.07, 6.45) is -0.980. The van der Waals surface area contributed by atoms with Crippen molar-refractivity contribution in [1.82, 2.24) is 9.29 Å². The van der Waals surface area contributed by atoms with E-state index < -0.39 is 22.5 Å². The summed E-state index contributed by atoms with van der Waals surface area (Å²) in [6.45, 7) is 4.79. The molecule has 1 saturated heterocycles. The first kappa shape index (κ1) is 20.4. The molecular formula is C19H22FN3O4S. The summed E-state index contributed by atoms with van der Waals surface area (Å²) in [6, 6.07) is 5.83. The van der Waals surface area contributed by atoms with Crippen LogP contribution in [-0.2, 0) is 14.6 Å². The van der Waals surface area contributed by atoms with Gasteiger partial charge in [0, 0.05) is 29.6 Å². The third kappa shape index (κ3) is 3.78. The number of ketones is 1. The Balaban J connectivity index is 1.84. The summed E-state index contributed by atoms with van der Waals surface area (Å²) in [5.74, 6) is -0.622. The lowest BCUT2D eigenvalue weighted by atomic mass is 10.1. The first-order valence-electron chi connectivity index (χ1n) is 8.87. The molecule has 28 heavy (non-hydrogen) atoms. The summed E-state index contributed by atoms with van der Waals surface area (Å²) < 4.78 is 39.8. The number of Topliss-reactive ketones (excluding diaryl/α,β-unsaturated/α-hetero) is 1. The summed E-state index contributed by atoms with van der Waals surface area (Å²) in [7, 11) is -3.83. The lowest BCUT2D eigenvalue weighted by Crippen LogP contribution is -2.34. The molecule has 1 aromatic heterocycles. The molecular weight excluding hydrogens is 385 g/mol. The highest BCUT2D eigenvalue weighted by Gasteiger charge is 2.37. The number of carbonyl (C=O) groups is 2. The van der Waals surface area contributed by atoms with E-state index in [4.69, 9.17) is 0 Å². The van der Waals surface area contributed by atoms with Crippen molar-refractivity contribution in [1.29, 1.82) is 0 Å². The first-order chi connectivity index (χ1) is 13.1. The molecule has 3 rings (SSSR count). The SMILES string of the molecule is CC(=O)c1c(C)[nH]c(C(=O)Nc2cccc([S+](=O)([O-])N3CC[C@@H](F)C3)c2)c1C. The Labute approximate surface area is 163 Å². The third-order valence-corrected chi connectivity index (χ3v) is 6.70. The molecule has 150 valence electrons. The van der Waals surface area contributed by atoms with Gasteiger partial charge in [0.2, 0.25) is 0 Å². The summed E-state index contributed by atoms with van der Waals surface area (Å²) >= 11 is 0. The van der Waals surface area contributed by atoms with Gasteiger partial charge in [-0.1, -0.05) is 10.3 Å². The van der Waals surface area contributed by atoms with E-state index in [1.54, 1.807) is 19.9 Å². The number of nitrogens with zero attached hydrogens (tertiary/aromatic N) is 1. The molecule has 0 aliphatic carbocycles. The van der Waals surface area contributed by atoms with Crippen LogP contribution < -0.4 is 5.32 Å². The maximum Gasteiger partial charge on any atom is 0.272 e. The van der Waals surface area contributed by atoms with E-state index in [1.807, 2.05) is 0 Å². The smallest absolute Gasteiger partial charge is 0.272 e. The summed E-state index contributed by atoms with van der Waals surface area (Å²) in [4.78, 5) is 27.3. The molecule has 1 aromatic carbocycles. The third-order valence-electron chi connectivity index (χ3n) is 4.84. The van der Waals surface area contributed by atoms with E-state index in [0.717, 1.165) is 4.31 Å². The molecule has 0 radical (unpaired) electrons. The van der Waals surface area contributed by atoms with E-state index in [1.165, 1.54) is 25.1 Å². The molecule has 0 bridgehead atoms. The number of halogens is 1. The van der Waals surface area contributed by atoms with Crippen molar-refractivity contribution in [2.75, 3.05) is 18.4 Å². The van der Waals surface area contributed by atoms with Crippen LogP contribution in [-0.4, -0.2) is 44.8 Å². The second-order valence-corrected chi connectivity index (χ2v) is 8.85. The number of sulfonamides is 1. The monoisotopic (exact) mass is 407 g/mol. The van der Waals surface area contributed by atoms with E-state index >= 15 is 0 Å². The fraction of sp³-hybridized carbons (Fsp3) is 0.368. The number of aromatic amines is 1. The molecule has 1 unspecified atom stereocenters. The summed E-state index contributed by atoms with van der Waals surface area (Å²) in [5.41, 5.74) is 2.14. The zero-order chi connectivity index (χ0) is 20.6. The van der Waals surface area contributed by atoms with Crippen molar-refractivity contribution in [3.05, 3.63) is 46.8 Å². The van der Waals surface area contributed by atoms with Gasteiger partial charge in [-0.2, -0.15) is 0 Å². The van der Waals surface area contributed by atoms with Crippen LogP contribution >= 0.6 is 0 Å². The van der Waals surface area contributed by atoms with E-state index in [-0.39, 0.29) is 41.6 Å². The minimum atomic E-state index is -3.83. The Morgan fingerprint density at radius 1 is 1.36 bits per heavy atom. The highest BCUT2D eigenvalue weighted by atomic mass is 32.3. The highest BCUT2D eigenvalue weighted by Crippen LogP contribution is 2.28. The lowest BCUT2D eigenvalue weighted by molar-refractivity contribution is 0.101. The predicted octanol–water partition coefficient (Wildman–Crippen LogP) is 3.03. The fourth-order valence-electron chi connectivity index (χ4n) is 3.49. The Hall–Kier alpha value is -2.36. The van der Waals surface area contributed by atoms with Gasteiger partial charge in [-0.25, -0.2) is 4.39 Å². The van der Waals surface area contributed by atoms with Crippen LogP contribution in [0.1, 0.15) is 45.4 Å². The van der Waals surface area contributed by atoms with E-state index in [0.29, 0.717) is 16.8 Å². The van der Waals surface area contributed by atoms with Crippen LogP contribution in [0.2, 0.25) is 0 Å². The number of hydrogen-bond acceptors (Lipinski definition) is 4. The zero-order valence-corrected chi connectivity index (χ0v) is 16.7. The Morgan fingerprint density at radius 2 is 2.07 bits per heavy atom. The molecule has 2 aromatic rings. The number of amides is 1. The van der Waals surface area contributed by atoms with Gasteiger partial charge in [-0.3, -0.25) is 9.59 Å². The van der Waals surface area contributed by atoms with Gasteiger partial charge in [-0.05, 0) is 44.9 Å². The van der Waals surface area contributed by atoms with Crippen LogP contribution in [0.5, 0.6) is 0 Å². The number of carbonyl (C=O) groups excluding carboxylic acids is 2. The Morgan fingerprint density at radius 3 is 2.64 bits per heavy atom. The van der Waals surface area contributed by atoms with Crippen LogP contribution in [0.4, 0.5) is 10.1 Å². The molecule has 2 N–H and O–H groups in total. The second-order valence-electron chi connectivity index (χ2n) is 6.91. The van der Waals surface area contributed by atoms with Gasteiger partial charge >= 0.3 is 0 Å². The van der Waals surface area contributed by atoms with Crippen LogP contribution in [0.3, 0.4) is 0 Å². The topological polar surface area (TPSA) is 105 Å². The minimum absolute atomic E-state index is 0.0109. The van der Waals surface area contributed by atoms with Crippen molar-refractivity contribution < 1.29 is 22.7 Å². The van der Waals surface area contributed by atoms with Gasteiger partial charge < -0.3 is 14.9 Å². The molecule has 2 atom stereocenters. The number of benzene rings is 1. The average Bonchev–Trinajstić information content (AvgIpc) is 3.18. The maximum atomic E-state index is 13.4. The number of nitrogens with one attached hydrogen (secondary N) is 2. The standard InChI is InChI=1S/C19H22FN3O4S/c1-11-17(13(3)24)12(2)21-18(11)19(25)22-15-5-4-6-16(9-15)28(26,27)23-8-7-14(20)10-23/h4-6,9,14H,7-8,10H2,1-3H3,(H2-,21,22,24,25,26,27)/t14-/m1/s1. The van der Waals surface area contributed by atoms with Gasteiger partial charge in [0.05, 0.1) is 6.54 Å². The van der Waals surface area contributed by atoms with Gasteiger partial charge in [0.1, 0.15) is 11.9 Å². The van der Waals surface area contributed by atoms with Crippen molar-refractivity contribution in [3.63, 3.8) is 0 Å². The largest absolute Gasteiger partial charge is 0.593 e. The lowest BCUT2D eigenvalue weighted by Gasteiger charge is -2.23. The second kappa shape index (κ2) is 7.57. The van der Waals surface area contributed by atoms with Crippen LogP contribution in [0.25, 0.3) is 0 Å². The molecule has 9 heteroatoms. The first-order valence-corrected chi connectivity index (χ1v) is 10.3. The number of rotatable bonds is 5. The number of anilines is 1. The molecule has 0 saturated carbocycles. The maximum absolute atomic E-state index is 13.4. The minimum Gasteiger partial charge on any atom is -0.593 e. The molecule has 1 amide bonds. The predicted molar refractivity (Wildman–Crippen MR) is 103 cm³/mol. The van der Waals surface area contributed by atoms with Crippen LogP contribution in [0.15, 0.2) is 29.2 Å². The molecule has 7 nitrogen and oxygen atoms in total. The van der Waals surface area contributed by atoms with Crippen molar-refractivity contribution in [2.24, 2.45) is 0 Å². The van der Waals surface area contributed by atoms with Gasteiger partial charge in [0.15, 0.2) is 21.1 Å². The van der Waals surface area contributed by atoms with Gasteiger partial charge in [-0.15, -0.1) is 4.31 Å². The molecule has 0 spiro atoms. The van der Waals surface area contributed by atoms with Crippen LogP contribution in [0, 0.1) is 13.8 Å². The summed E-state index contributed by atoms with van der Waals surface area (Å²) in [5, 5.41) is 2.65. The van der Waals surface area contributed by atoms with Gasteiger partial charge in [0.25, 0.3) is 5.91 Å². The number of aromatic nitrogens is 1. The molecule has 2 heterocycles. The van der Waals surface area contributed by atoms with Crippen molar-refractivity contribution in [2.45, 2.75) is 38.3 Å². The quantitative estimate of drug-likeness (QED) is 0.587. The normalized spacial score (nSPS) is 19.4. The number of alkyl halides is 1. The number of hydrogen-bond donors (Lipinski definition) is 2. The molecule has 1 aliphatic rings. The number of H-pyrrole nitrogens is 1. The Bertz CT molecular complexity index is 988. The number of aryl methyl sites for hydroxylation is 1. The van der Waals surface area contributed by atoms with E-state index in [9.17, 15) is 22.7 Å².